The van der Waals surface area contributed by atoms with E-state index in [0.717, 1.165) is 0 Å². The van der Waals surface area contributed by atoms with Crippen molar-refractivity contribution in [3.05, 3.63) is 71.0 Å². The highest BCUT2D eigenvalue weighted by Crippen LogP contribution is 2.39. The second kappa shape index (κ2) is 6.12. The van der Waals surface area contributed by atoms with Gasteiger partial charge in [-0.1, -0.05) is 41.6 Å². The number of aliphatic hydroxyl groups is 2. The SMILES string of the molecule is OC(c1ccc(F)cc1)c1ccc(C2=NOC(O)(C(F)(F)F)C2)cc1. The molecule has 2 aromatic carbocycles. The van der Waals surface area contributed by atoms with Gasteiger partial charge in [-0.15, -0.1) is 0 Å². The van der Waals surface area contributed by atoms with Gasteiger partial charge in [-0.05, 0) is 28.8 Å². The minimum atomic E-state index is -4.96. The molecule has 0 saturated heterocycles. The summed E-state index contributed by atoms with van der Waals surface area (Å²) in [7, 11) is 0. The summed E-state index contributed by atoms with van der Waals surface area (Å²) in [4.78, 5) is 4.16. The van der Waals surface area contributed by atoms with Crippen LogP contribution < -0.4 is 0 Å². The Balaban J connectivity index is 1.76. The first kappa shape index (κ1) is 17.4. The number of oxime groups is 1. The third-order valence-electron chi connectivity index (χ3n) is 3.90. The van der Waals surface area contributed by atoms with Gasteiger partial charge in [0.15, 0.2) is 0 Å². The molecule has 2 atom stereocenters. The highest BCUT2D eigenvalue weighted by atomic mass is 19.4. The van der Waals surface area contributed by atoms with Crippen LogP contribution in [0, 0.1) is 5.82 Å². The molecular weight excluding hydrogens is 342 g/mol. The van der Waals surface area contributed by atoms with Crippen molar-refractivity contribution in [2.24, 2.45) is 5.16 Å². The predicted molar refractivity (Wildman–Crippen MR) is 80.1 cm³/mol. The predicted octanol–water partition coefficient (Wildman–Crippen LogP) is 3.28. The van der Waals surface area contributed by atoms with E-state index in [-0.39, 0.29) is 5.71 Å². The molecule has 2 unspecified atom stereocenters. The lowest BCUT2D eigenvalue weighted by Crippen LogP contribution is -2.45. The Morgan fingerprint density at radius 2 is 1.52 bits per heavy atom. The average Bonchev–Trinajstić information content (AvgIpc) is 2.99. The number of alkyl halides is 3. The van der Waals surface area contributed by atoms with E-state index in [0.29, 0.717) is 16.7 Å². The first-order chi connectivity index (χ1) is 11.7. The van der Waals surface area contributed by atoms with Crippen LogP contribution in [0.15, 0.2) is 53.7 Å². The molecule has 132 valence electrons. The van der Waals surface area contributed by atoms with Crippen LogP contribution in [0.25, 0.3) is 0 Å². The van der Waals surface area contributed by atoms with Gasteiger partial charge >= 0.3 is 12.0 Å². The third-order valence-corrected chi connectivity index (χ3v) is 3.90. The number of rotatable bonds is 3. The quantitative estimate of drug-likeness (QED) is 0.831. The second-order valence-corrected chi connectivity index (χ2v) is 5.66. The summed E-state index contributed by atoms with van der Waals surface area (Å²) in [6, 6.07) is 11.3. The van der Waals surface area contributed by atoms with Gasteiger partial charge in [-0.3, -0.25) is 0 Å². The molecule has 2 aromatic rings. The largest absolute Gasteiger partial charge is 0.458 e. The number of benzene rings is 2. The number of nitrogens with zero attached hydrogens (tertiary/aromatic N) is 1. The molecule has 2 N–H and O–H groups in total. The summed E-state index contributed by atoms with van der Waals surface area (Å²) in [5.41, 5.74) is 1.22. The normalized spacial score (nSPS) is 21.6. The van der Waals surface area contributed by atoms with E-state index in [2.05, 4.69) is 9.99 Å². The van der Waals surface area contributed by atoms with Crippen molar-refractivity contribution in [2.45, 2.75) is 24.5 Å². The van der Waals surface area contributed by atoms with Gasteiger partial charge in [0, 0.05) is 0 Å². The molecule has 8 heteroatoms. The Morgan fingerprint density at radius 1 is 1.00 bits per heavy atom. The summed E-state index contributed by atoms with van der Waals surface area (Å²) in [5.74, 6) is -3.75. The molecule has 0 aliphatic carbocycles. The van der Waals surface area contributed by atoms with Crippen molar-refractivity contribution in [2.75, 3.05) is 0 Å². The third kappa shape index (κ3) is 3.35. The van der Waals surface area contributed by atoms with E-state index in [1.807, 2.05) is 0 Å². The first-order valence-corrected chi connectivity index (χ1v) is 7.28. The average molecular weight is 355 g/mol. The molecule has 0 spiro atoms. The van der Waals surface area contributed by atoms with Gasteiger partial charge in [-0.2, -0.15) is 13.2 Å². The molecule has 0 radical (unpaired) electrons. The lowest BCUT2D eigenvalue weighted by molar-refractivity contribution is -0.355. The molecule has 4 nitrogen and oxygen atoms in total. The summed E-state index contributed by atoms with van der Waals surface area (Å²) >= 11 is 0. The fourth-order valence-corrected chi connectivity index (χ4v) is 2.42. The molecule has 3 rings (SSSR count). The van der Waals surface area contributed by atoms with E-state index in [1.165, 1.54) is 48.5 Å². The Bertz CT molecular complexity index is 787. The molecule has 1 aliphatic rings. The van der Waals surface area contributed by atoms with Gasteiger partial charge in [0.05, 0.1) is 12.1 Å². The van der Waals surface area contributed by atoms with Crippen molar-refractivity contribution in [3.8, 4) is 0 Å². The Morgan fingerprint density at radius 3 is 2.00 bits per heavy atom. The van der Waals surface area contributed by atoms with Crippen molar-refractivity contribution in [1.82, 2.24) is 0 Å². The van der Waals surface area contributed by atoms with E-state index in [1.54, 1.807) is 0 Å². The van der Waals surface area contributed by atoms with E-state index in [4.69, 9.17) is 0 Å². The zero-order valence-corrected chi connectivity index (χ0v) is 12.7. The van der Waals surface area contributed by atoms with Crippen molar-refractivity contribution in [1.29, 1.82) is 0 Å². The van der Waals surface area contributed by atoms with Crippen molar-refractivity contribution < 1.29 is 32.6 Å². The molecule has 0 saturated carbocycles. The van der Waals surface area contributed by atoms with Gasteiger partial charge in [0.1, 0.15) is 11.9 Å². The Hall–Kier alpha value is -2.45. The van der Waals surface area contributed by atoms with Crippen LogP contribution in [-0.2, 0) is 4.84 Å². The minimum absolute atomic E-state index is 0.0531. The van der Waals surface area contributed by atoms with E-state index < -0.39 is 30.3 Å². The fourth-order valence-electron chi connectivity index (χ4n) is 2.42. The van der Waals surface area contributed by atoms with Crippen molar-refractivity contribution >= 4 is 5.71 Å². The number of hydrogen-bond acceptors (Lipinski definition) is 4. The minimum Gasteiger partial charge on any atom is -0.384 e. The Labute approximate surface area is 140 Å². The van der Waals surface area contributed by atoms with Crippen LogP contribution in [0.2, 0.25) is 0 Å². The zero-order chi connectivity index (χ0) is 18.2. The number of halogens is 4. The van der Waals surface area contributed by atoms with Gasteiger partial charge in [-0.25, -0.2) is 4.39 Å². The molecule has 25 heavy (non-hydrogen) atoms. The summed E-state index contributed by atoms with van der Waals surface area (Å²) < 4.78 is 51.1. The van der Waals surface area contributed by atoms with Crippen LogP contribution in [0.4, 0.5) is 17.6 Å². The maximum atomic E-state index is 12.9. The molecular formula is C17H13F4NO3. The molecule has 0 bridgehead atoms. The van der Waals surface area contributed by atoms with Gasteiger partial charge in [0.25, 0.3) is 0 Å². The lowest BCUT2D eigenvalue weighted by Gasteiger charge is -2.22. The maximum absolute atomic E-state index is 12.9. The molecule has 1 aliphatic heterocycles. The molecule has 0 aromatic heterocycles. The summed E-state index contributed by atoms with van der Waals surface area (Å²) in [6.07, 6.45) is -6.80. The van der Waals surface area contributed by atoms with Gasteiger partial charge in [0.2, 0.25) is 0 Å². The summed E-state index contributed by atoms with van der Waals surface area (Å²) in [5, 5.41) is 23.0. The van der Waals surface area contributed by atoms with Crippen LogP contribution in [0.5, 0.6) is 0 Å². The topological polar surface area (TPSA) is 62.1 Å². The smallest absolute Gasteiger partial charge is 0.384 e. The first-order valence-electron chi connectivity index (χ1n) is 7.28. The fraction of sp³-hybridized carbons (Fsp3) is 0.235. The molecule has 1 heterocycles. The molecule has 0 fully saturated rings. The summed E-state index contributed by atoms with van der Waals surface area (Å²) in [6.45, 7) is 0. The van der Waals surface area contributed by atoms with Crippen LogP contribution in [-0.4, -0.2) is 27.9 Å². The highest BCUT2D eigenvalue weighted by molar-refractivity contribution is 6.01. The zero-order valence-electron chi connectivity index (χ0n) is 12.7. The number of aliphatic hydroxyl groups excluding tert-OH is 1. The number of hydrogen-bond donors (Lipinski definition) is 2. The Kier molecular flexibility index (Phi) is 4.26. The van der Waals surface area contributed by atoms with Crippen molar-refractivity contribution in [3.63, 3.8) is 0 Å². The molecule has 0 amide bonds. The lowest BCUT2D eigenvalue weighted by atomic mass is 9.97. The highest BCUT2D eigenvalue weighted by Gasteiger charge is 2.60. The monoisotopic (exact) mass is 355 g/mol. The van der Waals surface area contributed by atoms with Crippen LogP contribution >= 0.6 is 0 Å². The van der Waals surface area contributed by atoms with E-state index >= 15 is 0 Å². The van der Waals surface area contributed by atoms with Crippen LogP contribution in [0.1, 0.15) is 29.2 Å². The van der Waals surface area contributed by atoms with Gasteiger partial charge < -0.3 is 15.1 Å². The standard InChI is InChI=1S/C17H13F4NO3/c18-13-7-5-12(6-8-13)15(23)11-3-1-10(2-4-11)14-9-16(24,25-22-14)17(19,20)21/h1-8,15,23-24H,9H2. The van der Waals surface area contributed by atoms with E-state index in [9.17, 15) is 27.8 Å². The van der Waals surface area contributed by atoms with Crippen LogP contribution in [0.3, 0.4) is 0 Å². The second-order valence-electron chi connectivity index (χ2n) is 5.66. The maximum Gasteiger partial charge on any atom is 0.458 e.